The van der Waals surface area contributed by atoms with Crippen LogP contribution in [0.5, 0.6) is 5.75 Å². The van der Waals surface area contributed by atoms with E-state index in [0.29, 0.717) is 12.2 Å². The van der Waals surface area contributed by atoms with Crippen molar-refractivity contribution in [2.24, 2.45) is 5.92 Å². The molecule has 0 spiro atoms. The maximum absolute atomic E-state index is 13.1. The van der Waals surface area contributed by atoms with Gasteiger partial charge >= 0.3 is 0 Å². The second kappa shape index (κ2) is 12.2. The molecule has 3 N–H and O–H groups in total. The van der Waals surface area contributed by atoms with Gasteiger partial charge in [0.1, 0.15) is 11.6 Å². The van der Waals surface area contributed by atoms with E-state index in [1.54, 1.807) is 37.1 Å². The molecule has 0 radical (unpaired) electrons. The van der Waals surface area contributed by atoms with Gasteiger partial charge in [-0.25, -0.2) is 4.98 Å². The fourth-order valence-electron chi connectivity index (χ4n) is 4.82. The lowest BCUT2D eigenvalue weighted by Gasteiger charge is -2.31. The molecule has 0 unspecified atom stereocenters. The lowest BCUT2D eigenvalue weighted by atomic mass is 9.91. The number of benzene rings is 1. The standard InChI is InChI=1S/C29H32ClN5O3.ClH/c1-29(2,18-32-27(37)21-7-12-35(13-8-21)16-19-9-14-38-17-19)28-33-25(20-5-10-31-11-6-20)26(34-28)22-3-4-23(30)24(36)15-22;/h3-6,9-11,14-15,17,21,36H,7-8,12-13,16,18H2,1-2H3,(H,32,37)(H,33,34);1H. The summed E-state index contributed by atoms with van der Waals surface area (Å²) in [6.07, 6.45) is 8.59. The molecule has 1 fully saturated rings. The van der Waals surface area contributed by atoms with Gasteiger partial charge in [-0.2, -0.15) is 0 Å². The smallest absolute Gasteiger partial charge is 0.223 e. The molecule has 3 aromatic heterocycles. The minimum atomic E-state index is -0.466. The van der Waals surface area contributed by atoms with Gasteiger partial charge in [-0.05, 0) is 56.3 Å². The Balaban J connectivity index is 0.00000353. The molecule has 0 atom stereocenters. The van der Waals surface area contributed by atoms with Crippen molar-refractivity contribution in [3.8, 4) is 28.3 Å². The number of halogens is 2. The van der Waals surface area contributed by atoms with Gasteiger partial charge in [0.25, 0.3) is 0 Å². The number of imidazole rings is 1. The molecule has 1 aliphatic heterocycles. The second-order valence-corrected chi connectivity index (χ2v) is 10.9. The van der Waals surface area contributed by atoms with Crippen LogP contribution in [0.25, 0.3) is 22.5 Å². The first-order valence-electron chi connectivity index (χ1n) is 12.8. The summed E-state index contributed by atoms with van der Waals surface area (Å²) in [5.74, 6) is 0.827. The zero-order valence-corrected chi connectivity index (χ0v) is 23.6. The summed E-state index contributed by atoms with van der Waals surface area (Å²) in [6, 6.07) is 10.9. The lowest BCUT2D eigenvalue weighted by Crippen LogP contribution is -2.44. The Labute approximate surface area is 239 Å². The highest BCUT2D eigenvalue weighted by Gasteiger charge is 2.30. The predicted molar refractivity (Wildman–Crippen MR) is 154 cm³/mol. The number of aromatic hydroxyl groups is 1. The highest BCUT2D eigenvalue weighted by molar-refractivity contribution is 6.32. The number of carbonyl (C=O) groups excluding carboxylic acids is 1. The Kier molecular flexibility index (Phi) is 9.00. The molecule has 1 aromatic carbocycles. The van der Waals surface area contributed by atoms with Crippen molar-refractivity contribution in [3.63, 3.8) is 0 Å². The molecule has 8 nitrogen and oxygen atoms in total. The van der Waals surface area contributed by atoms with E-state index < -0.39 is 5.41 Å². The van der Waals surface area contributed by atoms with Crippen molar-refractivity contribution in [2.75, 3.05) is 19.6 Å². The van der Waals surface area contributed by atoms with Crippen LogP contribution in [0.4, 0.5) is 0 Å². The number of rotatable bonds is 8. The van der Waals surface area contributed by atoms with E-state index >= 15 is 0 Å². The number of furan rings is 1. The average molecular weight is 571 g/mol. The molecule has 39 heavy (non-hydrogen) atoms. The monoisotopic (exact) mass is 569 g/mol. The molecule has 0 aliphatic carbocycles. The molecule has 1 saturated heterocycles. The number of aromatic amines is 1. The van der Waals surface area contributed by atoms with Crippen LogP contribution in [0, 0.1) is 5.92 Å². The molecule has 10 heteroatoms. The van der Waals surface area contributed by atoms with Crippen LogP contribution in [0.1, 0.15) is 38.1 Å². The van der Waals surface area contributed by atoms with Crippen LogP contribution in [0.2, 0.25) is 5.02 Å². The van der Waals surface area contributed by atoms with Crippen molar-refractivity contribution in [2.45, 2.75) is 38.6 Å². The molecular weight excluding hydrogens is 537 g/mol. The van der Waals surface area contributed by atoms with E-state index in [9.17, 15) is 9.90 Å². The third-order valence-corrected chi connectivity index (χ3v) is 7.50. The molecule has 0 saturated carbocycles. The highest BCUT2D eigenvalue weighted by Crippen LogP contribution is 2.36. The largest absolute Gasteiger partial charge is 0.506 e. The van der Waals surface area contributed by atoms with Crippen molar-refractivity contribution in [3.05, 3.63) is 77.7 Å². The van der Waals surface area contributed by atoms with Gasteiger partial charge in [-0.3, -0.25) is 14.7 Å². The SMILES string of the molecule is CC(C)(CNC(=O)C1CCN(Cc2ccoc2)CC1)c1nc(-c2ccc(Cl)c(O)c2)c(-c2ccncc2)[nH]1.Cl. The maximum atomic E-state index is 13.1. The number of carbonyl (C=O) groups is 1. The Morgan fingerprint density at radius 1 is 1.18 bits per heavy atom. The van der Waals surface area contributed by atoms with Gasteiger partial charge < -0.3 is 19.8 Å². The number of nitrogens with zero attached hydrogens (tertiary/aromatic N) is 3. The topological polar surface area (TPSA) is 107 Å². The van der Waals surface area contributed by atoms with Gasteiger partial charge in [0.2, 0.25) is 5.91 Å². The molecule has 1 amide bonds. The Morgan fingerprint density at radius 2 is 1.92 bits per heavy atom. The van der Waals surface area contributed by atoms with Crippen molar-refractivity contribution in [1.82, 2.24) is 25.2 Å². The number of phenolic OH excluding ortho intramolecular Hbond substituents is 1. The molecule has 4 heterocycles. The number of phenols is 1. The summed E-state index contributed by atoms with van der Waals surface area (Å²) < 4.78 is 5.17. The third-order valence-electron chi connectivity index (χ3n) is 7.18. The number of pyridine rings is 1. The number of nitrogens with one attached hydrogen (secondary N) is 2. The molecular formula is C29H33Cl2N5O3. The summed E-state index contributed by atoms with van der Waals surface area (Å²) in [5.41, 5.74) is 3.86. The number of amides is 1. The number of aromatic nitrogens is 3. The van der Waals surface area contributed by atoms with E-state index in [1.165, 1.54) is 0 Å². The zero-order chi connectivity index (χ0) is 26.7. The average Bonchev–Trinajstić information content (AvgIpc) is 3.61. The van der Waals surface area contributed by atoms with Crippen molar-refractivity contribution >= 4 is 29.9 Å². The molecule has 4 aromatic rings. The number of piperidine rings is 1. The zero-order valence-electron chi connectivity index (χ0n) is 22.0. The Hall–Kier alpha value is -3.33. The Bertz CT molecular complexity index is 1380. The minimum absolute atomic E-state index is 0. The van der Waals surface area contributed by atoms with E-state index in [4.69, 9.17) is 21.0 Å². The van der Waals surface area contributed by atoms with Gasteiger partial charge in [0.15, 0.2) is 0 Å². The first-order chi connectivity index (χ1) is 18.3. The summed E-state index contributed by atoms with van der Waals surface area (Å²) in [6.45, 7) is 7.17. The van der Waals surface area contributed by atoms with Crippen LogP contribution in [0.15, 0.2) is 65.7 Å². The van der Waals surface area contributed by atoms with Gasteiger partial charge in [0, 0.05) is 53.5 Å². The van der Waals surface area contributed by atoms with Crippen LogP contribution < -0.4 is 5.32 Å². The van der Waals surface area contributed by atoms with Crippen molar-refractivity contribution < 1.29 is 14.3 Å². The predicted octanol–water partition coefficient (Wildman–Crippen LogP) is 5.82. The summed E-state index contributed by atoms with van der Waals surface area (Å²) >= 11 is 6.04. The van der Waals surface area contributed by atoms with Crippen LogP contribution >= 0.6 is 24.0 Å². The van der Waals surface area contributed by atoms with Crippen molar-refractivity contribution in [1.29, 1.82) is 0 Å². The number of hydrogen-bond acceptors (Lipinski definition) is 6. The second-order valence-electron chi connectivity index (χ2n) is 10.5. The van der Waals surface area contributed by atoms with E-state index in [-0.39, 0.29) is 35.0 Å². The first-order valence-corrected chi connectivity index (χ1v) is 13.2. The molecule has 1 aliphatic rings. The van der Waals surface area contributed by atoms with Gasteiger partial charge in [-0.1, -0.05) is 31.5 Å². The summed E-state index contributed by atoms with van der Waals surface area (Å²) in [7, 11) is 0. The number of H-pyrrole nitrogens is 1. The number of hydrogen-bond donors (Lipinski definition) is 3. The fraction of sp³-hybridized carbons (Fsp3) is 0.345. The first kappa shape index (κ1) is 28.7. The van der Waals surface area contributed by atoms with E-state index in [2.05, 4.69) is 34.0 Å². The van der Waals surface area contributed by atoms with Gasteiger partial charge in [-0.15, -0.1) is 12.4 Å². The fourth-order valence-corrected chi connectivity index (χ4v) is 4.94. The van der Waals surface area contributed by atoms with E-state index in [1.807, 2.05) is 24.3 Å². The number of likely N-dealkylation sites (tertiary alicyclic amines) is 1. The molecule has 206 valence electrons. The summed E-state index contributed by atoms with van der Waals surface area (Å²) in [5, 5.41) is 13.7. The Morgan fingerprint density at radius 3 is 2.59 bits per heavy atom. The normalized spacial score (nSPS) is 14.6. The lowest BCUT2D eigenvalue weighted by molar-refractivity contribution is -0.126. The van der Waals surface area contributed by atoms with Gasteiger partial charge in [0.05, 0.1) is 28.9 Å². The van der Waals surface area contributed by atoms with E-state index in [0.717, 1.165) is 60.7 Å². The van der Waals surface area contributed by atoms with Crippen LogP contribution in [0.3, 0.4) is 0 Å². The summed E-state index contributed by atoms with van der Waals surface area (Å²) in [4.78, 5) is 28.0. The van der Waals surface area contributed by atoms with Crippen LogP contribution in [-0.4, -0.2) is 50.5 Å². The maximum Gasteiger partial charge on any atom is 0.223 e. The van der Waals surface area contributed by atoms with Crippen LogP contribution in [-0.2, 0) is 16.8 Å². The minimum Gasteiger partial charge on any atom is -0.506 e. The third kappa shape index (κ3) is 6.64. The quantitative estimate of drug-likeness (QED) is 0.247. The molecule has 0 bridgehead atoms. The molecule has 5 rings (SSSR count). The highest BCUT2D eigenvalue weighted by atomic mass is 35.5.